The highest BCUT2D eigenvalue weighted by Crippen LogP contribution is 2.22. The van der Waals surface area contributed by atoms with Crippen molar-refractivity contribution in [1.82, 2.24) is 10.3 Å². The van der Waals surface area contributed by atoms with Gasteiger partial charge in [-0.2, -0.15) is 0 Å². The maximum atomic E-state index is 12.0. The maximum Gasteiger partial charge on any atom is 0.325 e. The van der Waals surface area contributed by atoms with Crippen LogP contribution < -0.4 is 16.0 Å². The van der Waals surface area contributed by atoms with Gasteiger partial charge >= 0.3 is 6.03 Å². The summed E-state index contributed by atoms with van der Waals surface area (Å²) in [6.45, 7) is 6.31. The summed E-state index contributed by atoms with van der Waals surface area (Å²) in [6, 6.07) is 7.12. The van der Waals surface area contributed by atoms with Gasteiger partial charge in [0.25, 0.3) is 5.91 Å². The Balaban J connectivity index is 2.00. The first-order chi connectivity index (χ1) is 11.0. The Morgan fingerprint density at radius 3 is 2.70 bits per heavy atom. The fourth-order valence-corrected chi connectivity index (χ4v) is 2.84. The molecule has 122 valence electrons. The van der Waals surface area contributed by atoms with Gasteiger partial charge < -0.3 is 10.6 Å². The summed E-state index contributed by atoms with van der Waals surface area (Å²) < 4.78 is 0. The molecule has 2 aromatic rings. The van der Waals surface area contributed by atoms with E-state index in [1.807, 2.05) is 38.1 Å². The van der Waals surface area contributed by atoms with Crippen LogP contribution in [-0.2, 0) is 0 Å². The number of benzene rings is 1. The van der Waals surface area contributed by atoms with Gasteiger partial charge in [-0.25, -0.2) is 9.78 Å². The van der Waals surface area contributed by atoms with Crippen LogP contribution in [0.3, 0.4) is 0 Å². The Morgan fingerprint density at radius 1 is 1.22 bits per heavy atom. The second kappa shape index (κ2) is 7.73. The summed E-state index contributed by atoms with van der Waals surface area (Å²) in [5.41, 5.74) is 2.37. The number of amides is 3. The molecule has 0 fully saturated rings. The zero-order chi connectivity index (χ0) is 16.8. The number of hydrogen-bond acceptors (Lipinski definition) is 4. The predicted molar refractivity (Wildman–Crippen MR) is 93.3 cm³/mol. The normalized spacial score (nSPS) is 10.2. The van der Waals surface area contributed by atoms with Gasteiger partial charge in [0, 0.05) is 12.2 Å². The molecule has 0 bridgehead atoms. The molecule has 0 atom stereocenters. The molecular weight excluding hydrogens is 312 g/mol. The van der Waals surface area contributed by atoms with Crippen molar-refractivity contribution < 1.29 is 9.59 Å². The van der Waals surface area contributed by atoms with Gasteiger partial charge in [-0.3, -0.25) is 10.1 Å². The number of urea groups is 1. The summed E-state index contributed by atoms with van der Waals surface area (Å²) in [7, 11) is 0. The molecule has 0 unspecified atom stereocenters. The molecule has 0 aliphatic heterocycles. The highest BCUT2D eigenvalue weighted by molar-refractivity contribution is 7.17. The number of anilines is 2. The van der Waals surface area contributed by atoms with Gasteiger partial charge in [-0.15, -0.1) is 0 Å². The van der Waals surface area contributed by atoms with Crippen LogP contribution in [0.1, 0.15) is 34.3 Å². The molecule has 2 rings (SSSR count). The number of thiazole rings is 1. The van der Waals surface area contributed by atoms with E-state index in [1.165, 1.54) is 0 Å². The van der Waals surface area contributed by atoms with Crippen molar-refractivity contribution in [2.45, 2.75) is 27.2 Å². The lowest BCUT2D eigenvalue weighted by Crippen LogP contribution is -2.23. The van der Waals surface area contributed by atoms with E-state index in [0.29, 0.717) is 27.9 Å². The second-order valence-corrected chi connectivity index (χ2v) is 6.14. The van der Waals surface area contributed by atoms with E-state index in [-0.39, 0.29) is 11.9 Å². The standard InChI is InChI=1S/C16H20N4O2S/c1-4-8-17-14(21)13-11(3)18-16(23-13)20-15(22)19-12-7-5-6-10(2)9-12/h5-7,9H,4,8H2,1-3H3,(H,17,21)(H2,18,19,20,22). The zero-order valence-corrected chi connectivity index (χ0v) is 14.2. The average molecular weight is 332 g/mol. The van der Waals surface area contributed by atoms with Gasteiger partial charge in [0.1, 0.15) is 4.88 Å². The third kappa shape index (κ3) is 4.79. The molecule has 0 aliphatic carbocycles. The molecule has 1 heterocycles. The molecule has 7 heteroatoms. The van der Waals surface area contributed by atoms with Crippen LogP contribution in [0.2, 0.25) is 0 Å². The van der Waals surface area contributed by atoms with Crippen LogP contribution in [0.25, 0.3) is 0 Å². The van der Waals surface area contributed by atoms with Gasteiger partial charge in [-0.1, -0.05) is 30.4 Å². The van der Waals surface area contributed by atoms with Crippen molar-refractivity contribution in [2.75, 3.05) is 17.2 Å². The summed E-state index contributed by atoms with van der Waals surface area (Å²) in [6.07, 6.45) is 0.869. The fourth-order valence-electron chi connectivity index (χ4n) is 1.96. The first-order valence-electron chi connectivity index (χ1n) is 7.40. The summed E-state index contributed by atoms with van der Waals surface area (Å²) in [5, 5.41) is 8.60. The number of nitrogens with one attached hydrogen (secondary N) is 3. The Morgan fingerprint density at radius 2 is 2.00 bits per heavy atom. The molecule has 0 saturated heterocycles. The Hall–Kier alpha value is -2.41. The lowest BCUT2D eigenvalue weighted by molar-refractivity contribution is 0.0957. The van der Waals surface area contributed by atoms with Crippen molar-refractivity contribution >= 4 is 34.1 Å². The van der Waals surface area contributed by atoms with Crippen molar-refractivity contribution in [2.24, 2.45) is 0 Å². The molecule has 0 saturated carbocycles. The van der Waals surface area contributed by atoms with Crippen LogP contribution in [0.4, 0.5) is 15.6 Å². The maximum absolute atomic E-state index is 12.0. The fraction of sp³-hybridized carbons (Fsp3) is 0.312. The molecule has 3 N–H and O–H groups in total. The van der Waals surface area contributed by atoms with Crippen LogP contribution in [-0.4, -0.2) is 23.5 Å². The third-order valence-corrected chi connectivity index (χ3v) is 4.11. The summed E-state index contributed by atoms with van der Waals surface area (Å²) >= 11 is 1.16. The van der Waals surface area contributed by atoms with Crippen molar-refractivity contribution in [1.29, 1.82) is 0 Å². The number of carbonyl (C=O) groups excluding carboxylic acids is 2. The van der Waals surface area contributed by atoms with E-state index in [2.05, 4.69) is 20.9 Å². The monoisotopic (exact) mass is 332 g/mol. The number of rotatable bonds is 5. The van der Waals surface area contributed by atoms with Gasteiger partial charge in [0.15, 0.2) is 5.13 Å². The van der Waals surface area contributed by atoms with E-state index < -0.39 is 0 Å². The molecule has 1 aromatic carbocycles. The van der Waals surface area contributed by atoms with Gasteiger partial charge in [-0.05, 0) is 38.0 Å². The van der Waals surface area contributed by atoms with Crippen molar-refractivity contribution in [3.63, 3.8) is 0 Å². The number of nitrogens with zero attached hydrogens (tertiary/aromatic N) is 1. The second-order valence-electron chi connectivity index (χ2n) is 5.14. The third-order valence-electron chi connectivity index (χ3n) is 3.03. The number of aromatic nitrogens is 1. The molecule has 0 radical (unpaired) electrons. The topological polar surface area (TPSA) is 83.1 Å². The van der Waals surface area contributed by atoms with E-state index in [1.54, 1.807) is 6.92 Å². The summed E-state index contributed by atoms with van der Waals surface area (Å²) in [5.74, 6) is -0.158. The lowest BCUT2D eigenvalue weighted by atomic mass is 10.2. The van der Waals surface area contributed by atoms with Crippen LogP contribution in [0.5, 0.6) is 0 Å². The Kier molecular flexibility index (Phi) is 5.70. The lowest BCUT2D eigenvalue weighted by Gasteiger charge is -2.05. The number of aryl methyl sites for hydroxylation is 2. The van der Waals surface area contributed by atoms with E-state index in [9.17, 15) is 9.59 Å². The van der Waals surface area contributed by atoms with Crippen molar-refractivity contribution in [3.8, 4) is 0 Å². The van der Waals surface area contributed by atoms with Crippen molar-refractivity contribution in [3.05, 3.63) is 40.4 Å². The number of carbonyl (C=O) groups is 2. The molecular formula is C16H20N4O2S. The molecule has 1 aromatic heterocycles. The minimum atomic E-state index is -0.384. The highest BCUT2D eigenvalue weighted by atomic mass is 32.1. The minimum absolute atomic E-state index is 0.158. The van der Waals surface area contributed by atoms with Crippen LogP contribution in [0, 0.1) is 13.8 Å². The quantitative estimate of drug-likeness (QED) is 0.783. The van der Waals surface area contributed by atoms with E-state index in [0.717, 1.165) is 23.3 Å². The minimum Gasteiger partial charge on any atom is -0.351 e. The van der Waals surface area contributed by atoms with E-state index >= 15 is 0 Å². The van der Waals surface area contributed by atoms with Gasteiger partial charge in [0.05, 0.1) is 5.69 Å². The predicted octanol–water partition coefficient (Wildman–Crippen LogP) is 3.54. The molecule has 23 heavy (non-hydrogen) atoms. The molecule has 3 amide bonds. The average Bonchev–Trinajstić information content (AvgIpc) is 2.85. The summed E-state index contributed by atoms with van der Waals surface area (Å²) in [4.78, 5) is 28.7. The molecule has 0 spiro atoms. The molecule has 0 aliphatic rings. The smallest absolute Gasteiger partial charge is 0.325 e. The Bertz CT molecular complexity index is 712. The Labute approximate surface area is 139 Å². The van der Waals surface area contributed by atoms with Crippen LogP contribution >= 0.6 is 11.3 Å². The van der Waals surface area contributed by atoms with Gasteiger partial charge in [0.2, 0.25) is 0 Å². The van der Waals surface area contributed by atoms with Crippen LogP contribution in [0.15, 0.2) is 24.3 Å². The molecule has 6 nitrogen and oxygen atoms in total. The van der Waals surface area contributed by atoms with E-state index in [4.69, 9.17) is 0 Å². The first-order valence-corrected chi connectivity index (χ1v) is 8.21. The highest BCUT2D eigenvalue weighted by Gasteiger charge is 2.16. The SMILES string of the molecule is CCCNC(=O)c1sc(NC(=O)Nc2cccc(C)c2)nc1C. The largest absolute Gasteiger partial charge is 0.351 e. The number of hydrogen-bond donors (Lipinski definition) is 3. The first kappa shape index (κ1) is 17.0. The zero-order valence-electron chi connectivity index (χ0n) is 13.4.